The number of halogens is 2. The quantitative estimate of drug-likeness (QED) is 0.0304. The first kappa shape index (κ1) is 54.7. The number of hydrogen-bond acceptors (Lipinski definition) is 17. The number of esters is 1. The molecule has 73 heavy (non-hydrogen) atoms. The number of ether oxygens (including phenoxy) is 4. The molecule has 2 saturated heterocycles. The molecule has 6 heterocycles. The fourth-order valence-corrected chi connectivity index (χ4v) is 10.2. The number of nitrogens with one attached hydrogen (secondary N) is 6. The van der Waals surface area contributed by atoms with Gasteiger partial charge in [0.1, 0.15) is 29.4 Å². The Hall–Kier alpha value is -6.08. The van der Waals surface area contributed by atoms with Gasteiger partial charge in [-0.3, -0.25) is 24.4 Å². The van der Waals surface area contributed by atoms with Crippen LogP contribution < -0.4 is 31.9 Å². The molecule has 0 saturated carbocycles. The van der Waals surface area contributed by atoms with Crippen molar-refractivity contribution in [3.63, 3.8) is 0 Å². The molecule has 0 spiro atoms. The first-order chi connectivity index (χ1) is 35.4. The number of urea groups is 1. The Kier molecular flexibility index (Phi) is 20.4. The average molecular weight is 1050 g/mol. The van der Waals surface area contributed by atoms with Gasteiger partial charge in [0, 0.05) is 71.9 Å². The number of benzene rings is 1. The minimum atomic E-state index is -0.927. The number of unbranched alkanes of at least 4 members (excludes halogenated alkanes) is 2. The van der Waals surface area contributed by atoms with Gasteiger partial charge >= 0.3 is 12.0 Å². The molecule has 22 nitrogen and oxygen atoms in total. The van der Waals surface area contributed by atoms with E-state index in [0.29, 0.717) is 98.4 Å². The maximum absolute atomic E-state index is 14.0. The fraction of sp³-hybridized carbons (Fsp3) is 0.562. The standard InChI is InChI=1S/C48H63ClFN13O9S/c1-48(60-61-48)15-12-39(64)52-16-6-5-7-35(54-40(65)9-4-3-8-38-43-37(29-73-38)56-47(68)58-43)45(66)53-19-21-70-23-24-71-22-20-63-26-32(59-62-63)27-72-28-36-41(46(67)69-2)42(33-11-10-31(50)25-34(33)49)57-44(55-36)30-13-17-51-18-14-30/h10-11,13-14,17-18,25-26,35,37-38,42-43H,3-9,12,15-16,19-24,27-29H2,1-2H3,(H,52,64)(H,53,66)(H,54,65)(H,55,57)(H2,56,58,68)/t35-,37-,38-,42?,43-/m0/s1. The molecule has 4 aliphatic heterocycles. The largest absolute Gasteiger partial charge is 0.466 e. The van der Waals surface area contributed by atoms with Crippen LogP contribution in [0.4, 0.5) is 9.18 Å². The molecule has 1 unspecified atom stereocenters. The van der Waals surface area contributed by atoms with Crippen LogP contribution in [0.5, 0.6) is 0 Å². The van der Waals surface area contributed by atoms with Crippen molar-refractivity contribution in [2.75, 3.05) is 59.0 Å². The van der Waals surface area contributed by atoms with Crippen LogP contribution >= 0.6 is 23.4 Å². The molecule has 2 fully saturated rings. The van der Waals surface area contributed by atoms with Crippen LogP contribution in [0, 0.1) is 5.82 Å². The first-order valence-electron chi connectivity index (χ1n) is 24.5. The number of thioether (sulfide) groups is 1. The molecule has 5 atom stereocenters. The van der Waals surface area contributed by atoms with Crippen molar-refractivity contribution in [3.8, 4) is 0 Å². The maximum Gasteiger partial charge on any atom is 0.338 e. The van der Waals surface area contributed by atoms with Crippen molar-refractivity contribution >= 4 is 58.9 Å². The van der Waals surface area contributed by atoms with Gasteiger partial charge in [0.15, 0.2) is 5.66 Å². The minimum Gasteiger partial charge on any atom is -0.466 e. The molecular formula is C48H63ClFN13O9S. The average Bonchev–Trinajstić information content (AvgIpc) is 3.60. The number of carbonyl (C=O) groups is 5. The molecule has 6 N–H and O–H groups in total. The Morgan fingerprint density at radius 1 is 0.945 bits per heavy atom. The number of fused-ring (bicyclic) bond motifs is 1. The van der Waals surface area contributed by atoms with Crippen molar-refractivity contribution in [2.24, 2.45) is 15.2 Å². The highest BCUT2D eigenvalue weighted by Gasteiger charge is 2.42. The van der Waals surface area contributed by atoms with Crippen molar-refractivity contribution in [2.45, 2.75) is 113 Å². The smallest absolute Gasteiger partial charge is 0.338 e. The lowest BCUT2D eigenvalue weighted by Crippen LogP contribution is -2.47. The number of amidine groups is 1. The number of hydrogen-bond donors (Lipinski definition) is 6. The lowest BCUT2D eigenvalue weighted by Gasteiger charge is -2.28. The lowest BCUT2D eigenvalue weighted by molar-refractivity contribution is -0.136. The van der Waals surface area contributed by atoms with Crippen LogP contribution in [0.25, 0.3) is 0 Å². The van der Waals surface area contributed by atoms with E-state index in [4.69, 9.17) is 35.5 Å². The van der Waals surface area contributed by atoms with Gasteiger partial charge < -0.3 is 50.8 Å². The van der Waals surface area contributed by atoms with Gasteiger partial charge in [-0.2, -0.15) is 22.0 Å². The van der Waals surface area contributed by atoms with E-state index in [0.717, 1.165) is 24.7 Å². The van der Waals surface area contributed by atoms with E-state index in [9.17, 15) is 28.4 Å². The summed E-state index contributed by atoms with van der Waals surface area (Å²) in [5.41, 5.74) is 1.73. The molecule has 25 heteroatoms. The number of methoxy groups -OCH3 is 1. The minimum absolute atomic E-state index is 0.0542. The van der Waals surface area contributed by atoms with Crippen molar-refractivity contribution < 1.29 is 47.3 Å². The molecule has 3 aromatic rings. The Morgan fingerprint density at radius 2 is 1.75 bits per heavy atom. The molecular weight excluding hydrogens is 989 g/mol. The van der Waals surface area contributed by atoms with Crippen molar-refractivity contribution in [3.05, 3.63) is 87.9 Å². The molecule has 394 valence electrons. The lowest BCUT2D eigenvalue weighted by atomic mass is 9.95. The molecule has 2 aromatic heterocycles. The van der Waals surface area contributed by atoms with Crippen LogP contribution in [0.2, 0.25) is 5.02 Å². The van der Waals surface area contributed by atoms with E-state index >= 15 is 0 Å². The number of aromatic nitrogens is 4. The van der Waals surface area contributed by atoms with Gasteiger partial charge in [0.2, 0.25) is 17.7 Å². The molecule has 5 amide bonds. The highest BCUT2D eigenvalue weighted by Crippen LogP contribution is 2.37. The van der Waals surface area contributed by atoms with Crippen molar-refractivity contribution in [1.29, 1.82) is 0 Å². The number of pyridine rings is 1. The van der Waals surface area contributed by atoms with E-state index in [2.05, 4.69) is 57.4 Å². The van der Waals surface area contributed by atoms with Gasteiger partial charge in [0.05, 0.1) is 82.8 Å². The highest BCUT2D eigenvalue weighted by atomic mass is 35.5. The zero-order valence-corrected chi connectivity index (χ0v) is 42.5. The van der Waals surface area contributed by atoms with Crippen LogP contribution in [0.3, 0.4) is 0 Å². The molecule has 0 bridgehead atoms. The second-order valence-electron chi connectivity index (χ2n) is 18.0. The van der Waals surface area contributed by atoms with Gasteiger partial charge in [0.25, 0.3) is 0 Å². The molecule has 4 aliphatic rings. The number of carbonyl (C=O) groups excluding carboxylic acids is 5. The summed E-state index contributed by atoms with van der Waals surface area (Å²) in [4.78, 5) is 72.4. The van der Waals surface area contributed by atoms with E-state index in [1.165, 1.54) is 19.2 Å². The van der Waals surface area contributed by atoms with Gasteiger partial charge in [-0.15, -0.1) is 5.10 Å². The maximum atomic E-state index is 14.0. The molecule has 0 aliphatic carbocycles. The molecule has 1 aromatic carbocycles. The number of amides is 5. The summed E-state index contributed by atoms with van der Waals surface area (Å²) in [7, 11) is 1.26. The monoisotopic (exact) mass is 1050 g/mol. The van der Waals surface area contributed by atoms with E-state index in [1.54, 1.807) is 35.4 Å². The summed E-state index contributed by atoms with van der Waals surface area (Å²) in [5, 5.41) is 34.5. The predicted molar refractivity (Wildman–Crippen MR) is 267 cm³/mol. The number of nitrogens with zero attached hydrogens (tertiary/aromatic N) is 7. The zero-order chi connectivity index (χ0) is 51.6. The fourth-order valence-electron chi connectivity index (χ4n) is 8.42. The van der Waals surface area contributed by atoms with E-state index in [-0.39, 0.29) is 85.8 Å². The summed E-state index contributed by atoms with van der Waals surface area (Å²) < 4.78 is 38.2. The SMILES string of the molecule is COC(=O)C1=C(COCc2cn(CCOCCOCCNC(=O)[C@H](CCCCNC(=O)CCC3(C)N=N3)NC(=O)CCCC[C@@H]3SC[C@@H]4NC(=O)N[C@@H]43)nn2)NC(c2ccncc2)=NC1c1ccc(F)cc1Cl. The normalized spacial score (nSPS) is 19.8. The summed E-state index contributed by atoms with van der Waals surface area (Å²) in [6.07, 6.45) is 10.2. The summed E-state index contributed by atoms with van der Waals surface area (Å²) >= 11 is 8.30. The Morgan fingerprint density at radius 3 is 2.53 bits per heavy atom. The van der Waals surface area contributed by atoms with Crippen LogP contribution in [-0.4, -0.2) is 144 Å². The second-order valence-corrected chi connectivity index (χ2v) is 19.7. The van der Waals surface area contributed by atoms with Crippen LogP contribution in [0.1, 0.15) is 87.6 Å². The summed E-state index contributed by atoms with van der Waals surface area (Å²) in [6.45, 7) is 4.08. The Labute approximate surface area is 431 Å². The van der Waals surface area contributed by atoms with Crippen LogP contribution in [-0.2, 0) is 51.3 Å². The third kappa shape index (κ3) is 16.7. The van der Waals surface area contributed by atoms with E-state index < -0.39 is 29.5 Å². The van der Waals surface area contributed by atoms with Crippen LogP contribution in [0.15, 0.2) is 75.4 Å². The second kappa shape index (κ2) is 27.3. The molecule has 0 radical (unpaired) electrons. The van der Waals surface area contributed by atoms with Gasteiger partial charge in [-0.05, 0) is 63.3 Å². The first-order valence-corrected chi connectivity index (χ1v) is 25.9. The number of rotatable bonds is 31. The topological polar surface area (TPSA) is 275 Å². The number of aliphatic imine (C=N–C) groups is 1. The van der Waals surface area contributed by atoms with Gasteiger partial charge in [-0.25, -0.2) is 18.7 Å². The third-order valence-corrected chi connectivity index (χ3v) is 14.3. The summed E-state index contributed by atoms with van der Waals surface area (Å²) in [5.74, 6) is -0.468. The van der Waals surface area contributed by atoms with Crippen molar-refractivity contribution in [1.82, 2.24) is 51.9 Å². The predicted octanol–water partition coefficient (Wildman–Crippen LogP) is 3.81. The zero-order valence-electron chi connectivity index (χ0n) is 40.9. The van der Waals surface area contributed by atoms with Gasteiger partial charge in [-0.1, -0.05) is 29.3 Å². The molecule has 7 rings (SSSR count). The Bertz CT molecular complexity index is 2480. The van der Waals surface area contributed by atoms with E-state index in [1.807, 2.05) is 18.7 Å². The highest BCUT2D eigenvalue weighted by molar-refractivity contribution is 8.00. The Balaban J connectivity index is 0.790. The third-order valence-electron chi connectivity index (χ3n) is 12.4. The summed E-state index contributed by atoms with van der Waals surface area (Å²) in [6, 6.07) is 5.88.